The second-order valence-electron chi connectivity index (χ2n) is 4.44. The van der Waals surface area contributed by atoms with Gasteiger partial charge in [0.25, 0.3) is 0 Å². The third kappa shape index (κ3) is 2.81. The number of rotatable bonds is 3. The topological polar surface area (TPSA) is 28.7 Å². The molecule has 3 heteroatoms. The second-order valence-corrected chi connectivity index (χ2v) is 4.88. The molecule has 0 saturated heterocycles. The highest BCUT2D eigenvalue weighted by atomic mass is 35.5. The van der Waals surface area contributed by atoms with Crippen LogP contribution in [0, 0.1) is 0 Å². The maximum absolute atomic E-state index is 6.10. The van der Waals surface area contributed by atoms with Gasteiger partial charge >= 0.3 is 0 Å². The lowest BCUT2D eigenvalue weighted by atomic mass is 10.0. The fraction of sp³-hybridized carbons (Fsp3) is 0. The number of nitrogens with zero attached hydrogens (tertiary/aromatic N) is 1. The molecule has 0 aliphatic carbocycles. The van der Waals surface area contributed by atoms with E-state index in [0.29, 0.717) is 0 Å². The number of benzene rings is 2. The number of H-pyrrole nitrogens is 1. The molecule has 0 unspecified atom stereocenters. The van der Waals surface area contributed by atoms with Crippen LogP contribution in [0.3, 0.4) is 0 Å². The average molecular weight is 281 g/mol. The summed E-state index contributed by atoms with van der Waals surface area (Å²) >= 11 is 6.10. The number of halogens is 1. The molecule has 1 N–H and O–H groups in total. The van der Waals surface area contributed by atoms with Gasteiger partial charge < -0.3 is 4.98 Å². The number of hydrogen-bond donors (Lipinski definition) is 1. The largest absolute Gasteiger partial charge is 0.345 e. The number of imidazole rings is 1. The smallest absolute Gasteiger partial charge is 0.0924 e. The van der Waals surface area contributed by atoms with Crippen LogP contribution >= 0.6 is 11.6 Å². The van der Waals surface area contributed by atoms with E-state index >= 15 is 0 Å². The van der Waals surface area contributed by atoms with Gasteiger partial charge in [-0.1, -0.05) is 54.1 Å². The van der Waals surface area contributed by atoms with Crippen molar-refractivity contribution in [1.82, 2.24) is 9.97 Å². The Morgan fingerprint density at radius 3 is 2.60 bits per heavy atom. The molecule has 3 aromatic rings. The van der Waals surface area contributed by atoms with Gasteiger partial charge in [0.15, 0.2) is 0 Å². The van der Waals surface area contributed by atoms with Gasteiger partial charge in [0.1, 0.15) is 0 Å². The number of aromatic nitrogens is 2. The van der Waals surface area contributed by atoms with Crippen molar-refractivity contribution in [3.63, 3.8) is 0 Å². The van der Waals surface area contributed by atoms with Crippen molar-refractivity contribution in [3.8, 4) is 0 Å². The molecule has 0 saturated carbocycles. The number of nitrogens with one attached hydrogen (secondary N) is 1. The molecule has 1 heterocycles. The second kappa shape index (κ2) is 5.76. The minimum atomic E-state index is 0.723. The number of hydrogen-bond acceptors (Lipinski definition) is 1. The summed E-state index contributed by atoms with van der Waals surface area (Å²) in [5.74, 6) is 0. The van der Waals surface area contributed by atoms with Gasteiger partial charge in [-0.2, -0.15) is 0 Å². The Balaban J connectivity index is 2.12. The van der Waals surface area contributed by atoms with Crippen molar-refractivity contribution in [3.05, 3.63) is 89.0 Å². The van der Waals surface area contributed by atoms with Crippen molar-refractivity contribution in [2.24, 2.45) is 0 Å². The summed E-state index contributed by atoms with van der Waals surface area (Å²) in [5, 5.41) is 0.723. The zero-order valence-electron chi connectivity index (χ0n) is 10.8. The Kier molecular flexibility index (Phi) is 3.66. The van der Waals surface area contributed by atoms with E-state index in [0.717, 1.165) is 27.4 Å². The maximum atomic E-state index is 6.10. The minimum Gasteiger partial charge on any atom is -0.345 e. The molecule has 2 nitrogen and oxygen atoms in total. The Morgan fingerprint density at radius 2 is 1.90 bits per heavy atom. The monoisotopic (exact) mass is 280 g/mol. The first kappa shape index (κ1) is 12.7. The van der Waals surface area contributed by atoms with Crippen molar-refractivity contribution in [2.45, 2.75) is 0 Å². The van der Waals surface area contributed by atoms with Gasteiger partial charge in [-0.25, -0.2) is 4.98 Å². The summed E-state index contributed by atoms with van der Waals surface area (Å²) in [6, 6.07) is 18.0. The Morgan fingerprint density at radius 1 is 1.05 bits per heavy atom. The van der Waals surface area contributed by atoms with E-state index in [1.807, 2.05) is 48.7 Å². The van der Waals surface area contributed by atoms with Crippen molar-refractivity contribution in [1.29, 1.82) is 0 Å². The van der Waals surface area contributed by atoms with Crippen LogP contribution in [0.4, 0.5) is 0 Å². The van der Waals surface area contributed by atoms with Gasteiger partial charge in [0.05, 0.1) is 18.2 Å². The molecular formula is C17H13ClN2. The molecule has 0 bridgehead atoms. The summed E-state index contributed by atoms with van der Waals surface area (Å²) in [6.45, 7) is 0. The lowest BCUT2D eigenvalue weighted by Gasteiger charge is -2.07. The van der Waals surface area contributed by atoms with Gasteiger partial charge in [-0.15, -0.1) is 0 Å². The highest BCUT2D eigenvalue weighted by Crippen LogP contribution is 2.26. The maximum Gasteiger partial charge on any atom is 0.0924 e. The molecule has 0 aliphatic rings. The molecule has 1 aromatic heterocycles. The summed E-state index contributed by atoms with van der Waals surface area (Å²) in [4.78, 5) is 7.26. The Bertz CT molecular complexity index is 716. The summed E-state index contributed by atoms with van der Waals surface area (Å²) in [5.41, 5.74) is 4.23. The first-order valence-corrected chi connectivity index (χ1v) is 6.72. The predicted octanol–water partition coefficient (Wildman–Crippen LogP) is 4.65. The minimum absolute atomic E-state index is 0.723. The van der Waals surface area contributed by atoms with Crippen LogP contribution < -0.4 is 0 Å². The zero-order valence-corrected chi connectivity index (χ0v) is 11.5. The molecule has 98 valence electrons. The first-order chi connectivity index (χ1) is 9.83. The van der Waals surface area contributed by atoms with E-state index < -0.39 is 0 Å². The normalized spacial score (nSPS) is 11.6. The summed E-state index contributed by atoms with van der Waals surface area (Å²) < 4.78 is 0. The van der Waals surface area contributed by atoms with Crippen LogP contribution in [0.1, 0.15) is 16.8 Å². The van der Waals surface area contributed by atoms with Crippen molar-refractivity contribution >= 4 is 23.3 Å². The molecule has 0 amide bonds. The Labute approximate surface area is 122 Å². The molecule has 0 fully saturated rings. The number of aromatic amines is 1. The fourth-order valence-corrected chi connectivity index (χ4v) is 2.28. The SMILES string of the molecule is Clc1cccc(/C(=C\c2ccccc2)c2cnc[nH]2)c1. The van der Waals surface area contributed by atoms with Crippen LogP contribution in [-0.2, 0) is 0 Å². The molecule has 0 atom stereocenters. The van der Waals surface area contributed by atoms with E-state index in [9.17, 15) is 0 Å². The molecule has 0 aliphatic heterocycles. The van der Waals surface area contributed by atoms with E-state index in [4.69, 9.17) is 11.6 Å². The van der Waals surface area contributed by atoms with Crippen LogP contribution in [0.5, 0.6) is 0 Å². The van der Waals surface area contributed by atoms with Crippen LogP contribution in [0.2, 0.25) is 5.02 Å². The van der Waals surface area contributed by atoms with Crippen molar-refractivity contribution in [2.75, 3.05) is 0 Å². The van der Waals surface area contributed by atoms with Gasteiger partial charge in [-0.05, 0) is 29.3 Å². The van der Waals surface area contributed by atoms with Crippen LogP contribution in [-0.4, -0.2) is 9.97 Å². The van der Waals surface area contributed by atoms with Crippen molar-refractivity contribution < 1.29 is 0 Å². The van der Waals surface area contributed by atoms with E-state index in [-0.39, 0.29) is 0 Å². The molecule has 0 radical (unpaired) electrons. The standard InChI is InChI=1S/C17H13ClN2/c18-15-8-4-7-14(10-15)16(17-11-19-12-20-17)9-13-5-2-1-3-6-13/h1-12H,(H,19,20)/b16-9+. The van der Waals surface area contributed by atoms with Gasteiger partial charge in [-0.3, -0.25) is 0 Å². The summed E-state index contributed by atoms with van der Waals surface area (Å²) in [7, 11) is 0. The van der Waals surface area contributed by atoms with E-state index in [1.54, 1.807) is 6.33 Å². The third-order valence-electron chi connectivity index (χ3n) is 3.03. The third-order valence-corrected chi connectivity index (χ3v) is 3.27. The molecule has 3 rings (SSSR count). The molecular weight excluding hydrogens is 268 g/mol. The highest BCUT2D eigenvalue weighted by Gasteiger charge is 2.07. The van der Waals surface area contributed by atoms with Gasteiger partial charge in [0.2, 0.25) is 0 Å². The first-order valence-electron chi connectivity index (χ1n) is 6.34. The van der Waals surface area contributed by atoms with Gasteiger partial charge in [0, 0.05) is 10.6 Å². The average Bonchev–Trinajstić information content (AvgIpc) is 3.00. The molecule has 0 spiro atoms. The zero-order chi connectivity index (χ0) is 13.8. The summed E-state index contributed by atoms with van der Waals surface area (Å²) in [6.07, 6.45) is 5.62. The quantitative estimate of drug-likeness (QED) is 0.695. The molecule has 2 aromatic carbocycles. The van der Waals surface area contributed by atoms with E-state index in [1.165, 1.54) is 0 Å². The Hall–Kier alpha value is -2.32. The molecule has 20 heavy (non-hydrogen) atoms. The highest BCUT2D eigenvalue weighted by molar-refractivity contribution is 6.30. The van der Waals surface area contributed by atoms with Crippen LogP contribution in [0.25, 0.3) is 11.6 Å². The van der Waals surface area contributed by atoms with E-state index in [2.05, 4.69) is 28.2 Å². The lowest BCUT2D eigenvalue weighted by molar-refractivity contribution is 1.30. The predicted molar refractivity (Wildman–Crippen MR) is 83.5 cm³/mol. The fourth-order valence-electron chi connectivity index (χ4n) is 2.09. The van der Waals surface area contributed by atoms with Crippen LogP contribution in [0.15, 0.2) is 67.1 Å². The lowest BCUT2D eigenvalue weighted by Crippen LogP contribution is -1.88.